The molecule has 0 saturated carbocycles. The van der Waals surface area contributed by atoms with E-state index in [1.807, 2.05) is 67.3 Å². The zero-order valence-electron chi connectivity index (χ0n) is 36.9. The van der Waals surface area contributed by atoms with Crippen LogP contribution in [0.1, 0.15) is 66.2 Å². The van der Waals surface area contributed by atoms with Crippen molar-refractivity contribution in [1.29, 1.82) is 0 Å². The van der Waals surface area contributed by atoms with Gasteiger partial charge in [0.1, 0.15) is 22.7 Å². The second-order valence-corrected chi connectivity index (χ2v) is 20.9. The lowest BCUT2D eigenvalue weighted by Gasteiger charge is -2.35. The van der Waals surface area contributed by atoms with Crippen molar-refractivity contribution >= 4 is 37.1 Å². The van der Waals surface area contributed by atoms with Crippen LogP contribution in [0.15, 0.2) is 119 Å². The molecule has 2 aliphatic heterocycles. The molecule has 0 unspecified atom stereocenters. The molecule has 14 heteroatoms. The minimum atomic E-state index is -3.30. The normalized spacial score (nSPS) is 15.6. The quantitative estimate of drug-likeness (QED) is 0.117. The molecule has 0 radical (unpaired) electrons. The number of ether oxygens (including phenoxy) is 2. The van der Waals surface area contributed by atoms with E-state index in [0.29, 0.717) is 5.65 Å². The largest absolute Gasteiger partial charge is 0.487 e. The molecule has 0 atom stereocenters. The van der Waals surface area contributed by atoms with Gasteiger partial charge in [-0.05, 0) is 149 Å². The maximum Gasteiger partial charge on any atom is 0.175 e. The number of sulfone groups is 1. The number of likely N-dealkylation sites (tertiary alicyclic amines) is 2. The summed E-state index contributed by atoms with van der Waals surface area (Å²) in [6.45, 7) is 15.2. The average molecular weight is 934 g/mol. The molecule has 9 rings (SSSR count). The fraction of sp³-hybridized carbons (Fsp3) is 0.388. The van der Waals surface area contributed by atoms with Gasteiger partial charge in [-0.1, -0.05) is 49.2 Å². The molecule has 3 aromatic carbocycles. The SMILES string of the molecule is CC(C)(CN1CCCCC1)Oc1ccc(-c2cnc3c(-c4cccc(S(C)(=O)=O)c4)cnn3c2)cc1.CC(C)(CN1CCCCC1)Oc1ccc(-c2cnc3c(Br)cnn3c2)cc1. The Morgan fingerprint density at radius 3 is 1.57 bits per heavy atom. The van der Waals surface area contributed by atoms with Crippen LogP contribution in [-0.2, 0) is 9.84 Å². The lowest BCUT2D eigenvalue weighted by Crippen LogP contribution is -2.44. The lowest BCUT2D eigenvalue weighted by atomic mass is 10.1. The van der Waals surface area contributed by atoms with E-state index in [-0.39, 0.29) is 16.1 Å². The Morgan fingerprint density at radius 2 is 1.06 bits per heavy atom. The molecule has 63 heavy (non-hydrogen) atoms. The molecule has 7 aromatic rings. The summed E-state index contributed by atoms with van der Waals surface area (Å²) in [6, 6.07) is 23.2. The van der Waals surface area contributed by atoms with Crippen molar-refractivity contribution in [1.82, 2.24) is 39.0 Å². The second kappa shape index (κ2) is 18.9. The van der Waals surface area contributed by atoms with Crippen LogP contribution in [0.4, 0.5) is 0 Å². The first-order chi connectivity index (χ1) is 30.2. The number of benzene rings is 3. The molecule has 2 fully saturated rings. The number of hydrogen-bond donors (Lipinski definition) is 0. The summed E-state index contributed by atoms with van der Waals surface area (Å²) in [5.41, 5.74) is 6.63. The van der Waals surface area contributed by atoms with Crippen molar-refractivity contribution in [3.63, 3.8) is 0 Å². The topological polar surface area (TPSA) is 119 Å². The number of halogens is 1. The molecule has 6 heterocycles. The van der Waals surface area contributed by atoms with Crippen LogP contribution >= 0.6 is 15.9 Å². The van der Waals surface area contributed by atoms with Crippen molar-refractivity contribution in [2.75, 3.05) is 45.5 Å². The third kappa shape index (κ3) is 11.3. The van der Waals surface area contributed by atoms with Crippen molar-refractivity contribution in [2.45, 2.75) is 82.3 Å². The number of hydrogen-bond acceptors (Lipinski definition) is 10. The summed E-state index contributed by atoms with van der Waals surface area (Å²) < 4.78 is 41.0. The number of piperidine rings is 2. The Kier molecular flexibility index (Phi) is 13.3. The van der Waals surface area contributed by atoms with E-state index < -0.39 is 9.84 Å². The van der Waals surface area contributed by atoms with Crippen LogP contribution in [0.25, 0.3) is 44.7 Å². The van der Waals surface area contributed by atoms with E-state index >= 15 is 0 Å². The van der Waals surface area contributed by atoms with E-state index in [1.54, 1.807) is 39.6 Å². The minimum Gasteiger partial charge on any atom is -0.487 e. The lowest BCUT2D eigenvalue weighted by molar-refractivity contribution is 0.0517. The predicted molar refractivity (Wildman–Crippen MR) is 253 cm³/mol. The number of fused-ring (bicyclic) bond motifs is 2. The number of nitrogens with zero attached hydrogens (tertiary/aromatic N) is 8. The molecule has 0 bridgehead atoms. The Bertz CT molecular complexity index is 2760. The maximum atomic E-state index is 12.0. The number of aromatic nitrogens is 6. The Hall–Kier alpha value is -5.15. The summed E-state index contributed by atoms with van der Waals surface area (Å²) in [4.78, 5) is 14.4. The average Bonchev–Trinajstić information content (AvgIpc) is 3.87. The van der Waals surface area contributed by atoms with E-state index in [4.69, 9.17) is 9.47 Å². The van der Waals surface area contributed by atoms with Gasteiger partial charge in [-0.3, -0.25) is 9.80 Å². The third-order valence-electron chi connectivity index (χ3n) is 11.5. The van der Waals surface area contributed by atoms with Crippen LogP contribution in [0, 0.1) is 0 Å². The summed E-state index contributed by atoms with van der Waals surface area (Å²) >= 11 is 3.45. The van der Waals surface area contributed by atoms with Crippen molar-refractivity contribution < 1.29 is 17.9 Å². The maximum absolute atomic E-state index is 12.0. The summed E-state index contributed by atoms with van der Waals surface area (Å²) in [6.07, 6.45) is 20.1. The summed E-state index contributed by atoms with van der Waals surface area (Å²) in [5, 5.41) is 8.77. The highest BCUT2D eigenvalue weighted by Crippen LogP contribution is 2.30. The van der Waals surface area contributed by atoms with Gasteiger partial charge in [0, 0.05) is 60.8 Å². The predicted octanol–water partition coefficient (Wildman–Crippen LogP) is 9.91. The van der Waals surface area contributed by atoms with E-state index in [1.165, 1.54) is 57.9 Å². The highest BCUT2D eigenvalue weighted by Gasteiger charge is 2.26. The van der Waals surface area contributed by atoms with Gasteiger partial charge >= 0.3 is 0 Å². The first-order valence-corrected chi connectivity index (χ1v) is 24.5. The second-order valence-electron chi connectivity index (χ2n) is 18.0. The van der Waals surface area contributed by atoms with Crippen LogP contribution in [0.2, 0.25) is 0 Å². The van der Waals surface area contributed by atoms with Gasteiger partial charge in [0.15, 0.2) is 21.1 Å². The third-order valence-corrected chi connectivity index (χ3v) is 13.2. The molecule has 2 saturated heterocycles. The van der Waals surface area contributed by atoms with Gasteiger partial charge in [-0.15, -0.1) is 0 Å². The molecule has 4 aromatic heterocycles. The molecule has 330 valence electrons. The van der Waals surface area contributed by atoms with Gasteiger partial charge in [0.05, 0.1) is 21.8 Å². The van der Waals surface area contributed by atoms with E-state index in [0.717, 1.165) is 81.2 Å². The van der Waals surface area contributed by atoms with Crippen molar-refractivity contribution in [2.24, 2.45) is 0 Å². The molecule has 0 aliphatic carbocycles. The van der Waals surface area contributed by atoms with Crippen molar-refractivity contribution in [3.8, 4) is 44.9 Å². The first-order valence-electron chi connectivity index (χ1n) is 21.8. The Labute approximate surface area is 379 Å². The minimum absolute atomic E-state index is 0.208. The summed E-state index contributed by atoms with van der Waals surface area (Å²) in [5.74, 6) is 1.75. The molecule has 0 spiro atoms. The van der Waals surface area contributed by atoms with Gasteiger partial charge < -0.3 is 9.47 Å². The van der Waals surface area contributed by atoms with Crippen LogP contribution in [0.5, 0.6) is 11.5 Å². The van der Waals surface area contributed by atoms with E-state index in [2.05, 4.69) is 85.7 Å². The van der Waals surface area contributed by atoms with Gasteiger partial charge in [0.2, 0.25) is 0 Å². The highest BCUT2D eigenvalue weighted by molar-refractivity contribution is 9.10. The van der Waals surface area contributed by atoms with Crippen LogP contribution < -0.4 is 9.47 Å². The number of rotatable bonds is 12. The van der Waals surface area contributed by atoms with Gasteiger partial charge in [0.25, 0.3) is 0 Å². The van der Waals surface area contributed by atoms with Gasteiger partial charge in [-0.2, -0.15) is 10.2 Å². The zero-order chi connectivity index (χ0) is 44.2. The smallest absolute Gasteiger partial charge is 0.175 e. The molecule has 2 aliphatic rings. The standard InChI is InChI=1S/C28H32N4O3S.C21H25BrN4O/c1-28(2,20-31-14-5-4-6-15-31)35-24-12-10-21(11-13-24)23-17-29-27-26(18-30-32(27)19-23)22-8-7-9-25(16-22)36(3,33)34;1-21(2,15-25-10-4-3-5-11-25)27-18-8-6-16(7-9-18)17-12-23-20-19(22)13-24-26(20)14-17/h7-13,16-19H,4-6,14-15,20H2,1-3H3;6-9,12-14H,3-5,10-11,15H2,1-2H3. The van der Waals surface area contributed by atoms with Crippen molar-refractivity contribution in [3.05, 3.63) is 114 Å². The zero-order valence-corrected chi connectivity index (χ0v) is 39.3. The van der Waals surface area contributed by atoms with Crippen LogP contribution in [-0.4, -0.2) is 104 Å². The first kappa shape index (κ1) is 44.5. The highest BCUT2D eigenvalue weighted by atomic mass is 79.9. The van der Waals surface area contributed by atoms with E-state index in [9.17, 15) is 8.42 Å². The monoisotopic (exact) mass is 932 g/mol. The van der Waals surface area contributed by atoms with Gasteiger partial charge in [-0.25, -0.2) is 27.4 Å². The molecule has 0 amide bonds. The molecule has 0 N–H and O–H groups in total. The molecule has 12 nitrogen and oxygen atoms in total. The fourth-order valence-corrected chi connectivity index (χ4v) is 9.60. The fourth-order valence-electron chi connectivity index (χ4n) is 8.56. The molecular weight excluding hydrogens is 877 g/mol. The summed E-state index contributed by atoms with van der Waals surface area (Å²) in [7, 11) is -3.30. The molecular formula is C49H57BrN8O4S. The van der Waals surface area contributed by atoms with Crippen LogP contribution in [0.3, 0.4) is 0 Å². The Balaban J connectivity index is 0.000000180. The Morgan fingerprint density at radius 1 is 0.587 bits per heavy atom.